The number of aryl methyl sites for hydroxylation is 1. The van der Waals surface area contributed by atoms with Crippen molar-refractivity contribution in [1.82, 2.24) is 0 Å². The van der Waals surface area contributed by atoms with E-state index in [4.69, 9.17) is 5.11 Å². The van der Waals surface area contributed by atoms with Gasteiger partial charge in [0.05, 0.1) is 5.56 Å². The third-order valence-corrected chi connectivity index (χ3v) is 2.32. The van der Waals surface area contributed by atoms with Crippen LogP contribution in [0.4, 0.5) is 0 Å². The van der Waals surface area contributed by atoms with Crippen LogP contribution in [0.5, 0.6) is 0 Å². The molecular formula is C12H10CdO2. The van der Waals surface area contributed by atoms with Crippen LogP contribution < -0.4 is 0 Å². The number of hydrogen-bond donors (Lipinski definition) is 1. The Hall–Kier alpha value is -0.908. The molecule has 0 bridgehead atoms. The second-order valence-electron chi connectivity index (χ2n) is 3.32. The van der Waals surface area contributed by atoms with Gasteiger partial charge in [-0.05, 0) is 35.4 Å². The van der Waals surface area contributed by atoms with E-state index in [2.05, 4.69) is 0 Å². The number of fused-ring (bicyclic) bond motifs is 1. The van der Waals surface area contributed by atoms with Gasteiger partial charge in [-0.1, -0.05) is 24.3 Å². The molecule has 0 aliphatic rings. The number of carboxylic acids is 1. The first-order valence-electron chi connectivity index (χ1n) is 4.41. The molecule has 0 unspecified atom stereocenters. The Balaban J connectivity index is 0.00000112. The molecule has 0 atom stereocenters. The van der Waals surface area contributed by atoms with Gasteiger partial charge in [0, 0.05) is 27.3 Å². The van der Waals surface area contributed by atoms with Gasteiger partial charge in [-0.3, -0.25) is 0 Å². The topological polar surface area (TPSA) is 37.3 Å². The minimum atomic E-state index is -0.876. The Labute approximate surface area is 108 Å². The fraction of sp³-hybridized carbons (Fsp3) is 0.0833. The second kappa shape index (κ2) is 4.74. The van der Waals surface area contributed by atoms with Gasteiger partial charge >= 0.3 is 5.97 Å². The molecule has 2 rings (SSSR count). The molecule has 72 valence electrons. The maximum atomic E-state index is 10.8. The van der Waals surface area contributed by atoms with Crippen LogP contribution in [0.3, 0.4) is 0 Å². The predicted molar refractivity (Wildman–Crippen MR) is 55.6 cm³/mol. The van der Waals surface area contributed by atoms with Crippen molar-refractivity contribution >= 4 is 16.7 Å². The van der Waals surface area contributed by atoms with Crippen molar-refractivity contribution in [2.45, 2.75) is 6.92 Å². The summed E-state index contributed by atoms with van der Waals surface area (Å²) >= 11 is 0. The van der Waals surface area contributed by atoms with E-state index in [9.17, 15) is 4.79 Å². The van der Waals surface area contributed by atoms with Crippen molar-refractivity contribution in [3.05, 3.63) is 47.5 Å². The smallest absolute Gasteiger partial charge is 0.335 e. The van der Waals surface area contributed by atoms with Gasteiger partial charge in [0.15, 0.2) is 0 Å². The molecule has 2 aromatic carbocycles. The summed E-state index contributed by atoms with van der Waals surface area (Å²) < 4.78 is 0. The molecule has 0 aromatic heterocycles. The van der Waals surface area contributed by atoms with E-state index in [-0.39, 0.29) is 27.3 Å². The molecule has 0 saturated carbocycles. The summed E-state index contributed by atoms with van der Waals surface area (Å²) in [5, 5.41) is 11.0. The molecule has 1 N–H and O–H groups in total. The van der Waals surface area contributed by atoms with Crippen molar-refractivity contribution < 1.29 is 37.2 Å². The zero-order chi connectivity index (χ0) is 10.1. The molecule has 0 spiro atoms. The van der Waals surface area contributed by atoms with E-state index in [1.165, 1.54) is 0 Å². The molecule has 0 fully saturated rings. The molecular weight excluding hydrogens is 289 g/mol. The Morgan fingerprint density at radius 1 is 1.20 bits per heavy atom. The van der Waals surface area contributed by atoms with Crippen LogP contribution in [0.2, 0.25) is 0 Å². The second-order valence-corrected chi connectivity index (χ2v) is 3.32. The average molecular weight is 299 g/mol. The van der Waals surface area contributed by atoms with Gasteiger partial charge in [-0.25, -0.2) is 4.79 Å². The number of hydrogen-bond acceptors (Lipinski definition) is 1. The summed E-state index contributed by atoms with van der Waals surface area (Å²) in [5.74, 6) is -0.876. The summed E-state index contributed by atoms with van der Waals surface area (Å²) in [6.07, 6.45) is 0. The number of rotatable bonds is 1. The van der Waals surface area contributed by atoms with E-state index in [1.807, 2.05) is 31.2 Å². The summed E-state index contributed by atoms with van der Waals surface area (Å²) in [7, 11) is 0. The zero-order valence-corrected chi connectivity index (χ0v) is 12.6. The fourth-order valence-electron chi connectivity index (χ4n) is 1.63. The van der Waals surface area contributed by atoms with Gasteiger partial charge in [0.2, 0.25) is 0 Å². The van der Waals surface area contributed by atoms with Crippen molar-refractivity contribution in [3.8, 4) is 0 Å². The van der Waals surface area contributed by atoms with Gasteiger partial charge in [0.1, 0.15) is 0 Å². The van der Waals surface area contributed by atoms with Gasteiger partial charge in [-0.15, -0.1) is 0 Å². The van der Waals surface area contributed by atoms with Crippen LogP contribution in [0.15, 0.2) is 36.4 Å². The first kappa shape index (κ1) is 12.2. The first-order chi connectivity index (χ1) is 6.68. The zero-order valence-electron chi connectivity index (χ0n) is 8.53. The van der Waals surface area contributed by atoms with E-state index in [1.54, 1.807) is 12.1 Å². The standard InChI is InChI=1S/C12H10O2.Cd/c1-8-6-10(12(13)14)7-9-4-2-3-5-11(8)9;/h2-7H,1H3,(H,13,14);. The number of carboxylic acid groups (broad SMARTS) is 1. The SMILES string of the molecule is Cc1cc(C(=O)O)cc2ccccc12.[Cd]. The van der Waals surface area contributed by atoms with Crippen molar-refractivity contribution in [3.63, 3.8) is 0 Å². The normalized spacial score (nSPS) is 9.67. The molecule has 2 aromatic rings. The molecule has 0 saturated heterocycles. The molecule has 0 heterocycles. The minimum absolute atomic E-state index is 0. The maximum absolute atomic E-state index is 10.8. The van der Waals surface area contributed by atoms with Crippen LogP contribution in [0.25, 0.3) is 10.8 Å². The van der Waals surface area contributed by atoms with E-state index < -0.39 is 5.97 Å². The third kappa shape index (κ3) is 2.37. The average Bonchev–Trinajstić information content (AvgIpc) is 2.17. The molecule has 0 aliphatic carbocycles. The van der Waals surface area contributed by atoms with Gasteiger partial charge in [-0.2, -0.15) is 0 Å². The largest absolute Gasteiger partial charge is 0.478 e. The van der Waals surface area contributed by atoms with Crippen molar-refractivity contribution in [1.29, 1.82) is 0 Å². The van der Waals surface area contributed by atoms with Crippen LogP contribution >= 0.6 is 0 Å². The monoisotopic (exact) mass is 300 g/mol. The molecule has 0 amide bonds. The van der Waals surface area contributed by atoms with Crippen molar-refractivity contribution in [2.24, 2.45) is 0 Å². The van der Waals surface area contributed by atoms with E-state index in [0.29, 0.717) is 5.56 Å². The summed E-state index contributed by atoms with van der Waals surface area (Å²) in [6, 6.07) is 11.2. The molecule has 2 nitrogen and oxygen atoms in total. The Morgan fingerprint density at radius 2 is 1.87 bits per heavy atom. The summed E-state index contributed by atoms with van der Waals surface area (Å²) in [4.78, 5) is 10.8. The van der Waals surface area contributed by atoms with Crippen LogP contribution in [-0.2, 0) is 27.3 Å². The molecule has 3 heteroatoms. The Kier molecular flexibility index (Phi) is 3.85. The molecule has 15 heavy (non-hydrogen) atoms. The molecule has 0 radical (unpaired) electrons. The summed E-state index contributed by atoms with van der Waals surface area (Å²) in [6.45, 7) is 1.93. The van der Waals surface area contributed by atoms with Crippen LogP contribution in [0, 0.1) is 6.92 Å². The third-order valence-electron chi connectivity index (χ3n) is 2.32. The van der Waals surface area contributed by atoms with E-state index >= 15 is 0 Å². The van der Waals surface area contributed by atoms with Crippen LogP contribution in [-0.4, -0.2) is 11.1 Å². The minimum Gasteiger partial charge on any atom is -0.478 e. The summed E-state index contributed by atoms with van der Waals surface area (Å²) in [5.41, 5.74) is 1.35. The quantitative estimate of drug-likeness (QED) is 0.822. The van der Waals surface area contributed by atoms with Crippen LogP contribution in [0.1, 0.15) is 15.9 Å². The first-order valence-corrected chi connectivity index (χ1v) is 4.41. The van der Waals surface area contributed by atoms with Gasteiger partial charge < -0.3 is 5.11 Å². The number of aromatic carboxylic acids is 1. The van der Waals surface area contributed by atoms with Gasteiger partial charge in [0.25, 0.3) is 0 Å². The Morgan fingerprint density at radius 3 is 2.53 bits per heavy atom. The van der Waals surface area contributed by atoms with Crippen molar-refractivity contribution in [2.75, 3.05) is 0 Å². The predicted octanol–water partition coefficient (Wildman–Crippen LogP) is 2.84. The number of benzene rings is 2. The Bertz CT molecular complexity index is 506. The number of carbonyl (C=O) groups is 1. The molecule has 0 aliphatic heterocycles. The fourth-order valence-corrected chi connectivity index (χ4v) is 1.63. The maximum Gasteiger partial charge on any atom is 0.335 e. The van der Waals surface area contributed by atoms with E-state index in [0.717, 1.165) is 16.3 Å².